The van der Waals surface area contributed by atoms with Gasteiger partial charge in [0.05, 0.1) is 6.20 Å². The highest BCUT2D eigenvalue weighted by Gasteiger charge is 2.29. The van der Waals surface area contributed by atoms with E-state index in [4.69, 9.17) is 4.74 Å². The number of benzene rings is 1. The minimum atomic E-state index is -0.450. The van der Waals surface area contributed by atoms with E-state index in [2.05, 4.69) is 25.7 Å². The van der Waals surface area contributed by atoms with Crippen molar-refractivity contribution in [2.45, 2.75) is 32.3 Å². The summed E-state index contributed by atoms with van der Waals surface area (Å²) in [7, 11) is 0. The van der Waals surface area contributed by atoms with Crippen LogP contribution in [0.2, 0.25) is 0 Å². The summed E-state index contributed by atoms with van der Waals surface area (Å²) < 4.78 is 7.10. The SMILES string of the molecule is Cc1ccccc1OCc1c(C2CC2)cnnc1-n1nn[nH]c1=O. The molecule has 122 valence electrons. The maximum absolute atomic E-state index is 11.9. The Labute approximate surface area is 137 Å². The van der Waals surface area contributed by atoms with Gasteiger partial charge in [0, 0.05) is 5.56 Å². The fourth-order valence-corrected chi connectivity index (χ4v) is 2.68. The number of nitrogens with one attached hydrogen (secondary N) is 1. The van der Waals surface area contributed by atoms with E-state index in [0.717, 1.165) is 40.0 Å². The molecule has 3 aromatic rings. The highest BCUT2D eigenvalue weighted by molar-refractivity contribution is 5.41. The van der Waals surface area contributed by atoms with Gasteiger partial charge in [-0.3, -0.25) is 0 Å². The third kappa shape index (κ3) is 2.66. The molecule has 0 unspecified atom stereocenters. The molecule has 0 amide bonds. The summed E-state index contributed by atoms with van der Waals surface area (Å²) >= 11 is 0. The van der Waals surface area contributed by atoms with E-state index in [1.807, 2.05) is 31.2 Å². The molecule has 1 aliphatic rings. The second kappa shape index (κ2) is 5.88. The molecule has 1 N–H and O–H groups in total. The number of tetrazole rings is 1. The predicted molar refractivity (Wildman–Crippen MR) is 85.1 cm³/mol. The molecular weight excluding hydrogens is 308 g/mol. The summed E-state index contributed by atoms with van der Waals surface area (Å²) in [4.78, 5) is 11.9. The maximum Gasteiger partial charge on any atom is 0.367 e. The molecule has 0 aliphatic heterocycles. The topological polar surface area (TPSA) is 98.6 Å². The number of aryl methyl sites for hydroxylation is 1. The molecule has 0 spiro atoms. The molecule has 2 heterocycles. The quantitative estimate of drug-likeness (QED) is 0.764. The van der Waals surface area contributed by atoms with Crippen LogP contribution in [0.3, 0.4) is 0 Å². The molecule has 0 radical (unpaired) electrons. The molecule has 1 saturated carbocycles. The van der Waals surface area contributed by atoms with E-state index in [0.29, 0.717) is 18.3 Å². The smallest absolute Gasteiger partial charge is 0.367 e. The summed E-state index contributed by atoms with van der Waals surface area (Å²) in [6.07, 6.45) is 3.97. The highest BCUT2D eigenvalue weighted by Crippen LogP contribution is 2.42. The zero-order chi connectivity index (χ0) is 16.5. The molecule has 1 fully saturated rings. The Morgan fingerprint density at radius 2 is 2.17 bits per heavy atom. The number of nitrogens with zero attached hydrogens (tertiary/aromatic N) is 5. The third-order valence-corrected chi connectivity index (χ3v) is 4.12. The molecule has 1 aromatic carbocycles. The van der Waals surface area contributed by atoms with E-state index in [1.165, 1.54) is 0 Å². The minimum absolute atomic E-state index is 0.292. The standard InChI is InChI=1S/C16H16N6O2/c1-10-4-2-3-5-14(10)24-9-13-12(11-6-7-11)8-17-18-15(13)22-16(23)19-20-21-22/h2-5,8,11H,6-7,9H2,1H3,(H,19,21,23). The number of ether oxygens (including phenoxy) is 1. The van der Waals surface area contributed by atoms with Crippen LogP contribution in [0.1, 0.15) is 35.4 Å². The van der Waals surface area contributed by atoms with Crippen molar-refractivity contribution in [3.63, 3.8) is 0 Å². The lowest BCUT2D eigenvalue weighted by molar-refractivity contribution is 0.301. The van der Waals surface area contributed by atoms with Gasteiger partial charge in [-0.05, 0) is 53.3 Å². The monoisotopic (exact) mass is 324 g/mol. The number of aromatic amines is 1. The Bertz CT molecular complexity index is 928. The minimum Gasteiger partial charge on any atom is -0.488 e. The Morgan fingerprint density at radius 3 is 2.88 bits per heavy atom. The number of hydrogen-bond acceptors (Lipinski definition) is 6. The Kier molecular flexibility index (Phi) is 3.56. The molecule has 0 bridgehead atoms. The van der Waals surface area contributed by atoms with Crippen LogP contribution >= 0.6 is 0 Å². The van der Waals surface area contributed by atoms with Crippen molar-refractivity contribution in [3.8, 4) is 11.6 Å². The van der Waals surface area contributed by atoms with Crippen LogP contribution < -0.4 is 10.4 Å². The normalized spacial score (nSPS) is 13.9. The lowest BCUT2D eigenvalue weighted by Crippen LogP contribution is -2.21. The zero-order valence-corrected chi connectivity index (χ0v) is 13.1. The Morgan fingerprint density at radius 1 is 1.33 bits per heavy atom. The average Bonchev–Trinajstić information content (AvgIpc) is 3.35. The molecule has 2 aromatic heterocycles. The second-order valence-corrected chi connectivity index (χ2v) is 5.85. The number of hydrogen-bond donors (Lipinski definition) is 1. The van der Waals surface area contributed by atoms with E-state index >= 15 is 0 Å². The van der Waals surface area contributed by atoms with Crippen molar-refractivity contribution in [3.05, 3.63) is 57.6 Å². The molecule has 8 heteroatoms. The summed E-state index contributed by atoms with van der Waals surface area (Å²) in [6.45, 7) is 2.28. The van der Waals surface area contributed by atoms with Crippen LogP contribution in [0.15, 0.2) is 35.3 Å². The van der Waals surface area contributed by atoms with Crippen molar-refractivity contribution in [2.75, 3.05) is 0 Å². The van der Waals surface area contributed by atoms with Crippen LogP contribution in [-0.4, -0.2) is 30.4 Å². The first-order chi connectivity index (χ1) is 11.7. The predicted octanol–water partition coefficient (Wildman–Crippen LogP) is 1.51. The lowest BCUT2D eigenvalue weighted by Gasteiger charge is -2.14. The third-order valence-electron chi connectivity index (χ3n) is 4.12. The van der Waals surface area contributed by atoms with Crippen LogP contribution in [0.4, 0.5) is 0 Å². The summed E-state index contributed by atoms with van der Waals surface area (Å²) in [5, 5.41) is 17.7. The zero-order valence-electron chi connectivity index (χ0n) is 13.1. The fraction of sp³-hybridized carbons (Fsp3) is 0.312. The average molecular weight is 324 g/mol. The van der Waals surface area contributed by atoms with Gasteiger partial charge in [0.1, 0.15) is 12.4 Å². The second-order valence-electron chi connectivity index (χ2n) is 5.85. The summed E-state index contributed by atoms with van der Waals surface area (Å²) in [6, 6.07) is 7.80. The van der Waals surface area contributed by atoms with Gasteiger partial charge in [-0.15, -0.1) is 9.78 Å². The van der Waals surface area contributed by atoms with E-state index in [-0.39, 0.29) is 0 Å². The number of para-hydroxylation sites is 1. The van der Waals surface area contributed by atoms with Crippen molar-refractivity contribution in [1.82, 2.24) is 30.4 Å². The first-order valence-corrected chi connectivity index (χ1v) is 7.77. The molecular formula is C16H16N6O2. The summed E-state index contributed by atoms with van der Waals surface area (Å²) in [5.74, 6) is 1.61. The first-order valence-electron chi connectivity index (χ1n) is 7.77. The van der Waals surface area contributed by atoms with E-state index < -0.39 is 5.69 Å². The molecule has 8 nitrogen and oxygen atoms in total. The van der Waals surface area contributed by atoms with Gasteiger partial charge in [0.15, 0.2) is 5.82 Å². The van der Waals surface area contributed by atoms with Crippen LogP contribution in [0.25, 0.3) is 5.82 Å². The van der Waals surface area contributed by atoms with E-state index in [9.17, 15) is 4.79 Å². The van der Waals surface area contributed by atoms with Crippen LogP contribution in [0, 0.1) is 6.92 Å². The summed E-state index contributed by atoms with van der Waals surface area (Å²) in [5.41, 5.74) is 2.48. The van der Waals surface area contributed by atoms with Gasteiger partial charge in [0.2, 0.25) is 0 Å². The molecule has 0 atom stereocenters. The van der Waals surface area contributed by atoms with Crippen molar-refractivity contribution >= 4 is 0 Å². The van der Waals surface area contributed by atoms with Crippen LogP contribution in [-0.2, 0) is 6.61 Å². The van der Waals surface area contributed by atoms with Crippen molar-refractivity contribution in [1.29, 1.82) is 0 Å². The molecule has 0 saturated heterocycles. The van der Waals surface area contributed by atoms with Crippen molar-refractivity contribution in [2.24, 2.45) is 0 Å². The van der Waals surface area contributed by atoms with Crippen molar-refractivity contribution < 1.29 is 4.74 Å². The Balaban J connectivity index is 1.74. The largest absolute Gasteiger partial charge is 0.488 e. The number of H-pyrrole nitrogens is 1. The van der Waals surface area contributed by atoms with Gasteiger partial charge >= 0.3 is 5.69 Å². The Hall–Kier alpha value is -3.03. The van der Waals surface area contributed by atoms with Gasteiger partial charge in [-0.2, -0.15) is 5.10 Å². The first kappa shape index (κ1) is 14.6. The number of aromatic nitrogens is 6. The molecule has 1 aliphatic carbocycles. The highest BCUT2D eigenvalue weighted by atomic mass is 16.5. The fourth-order valence-electron chi connectivity index (χ4n) is 2.68. The number of rotatable bonds is 5. The van der Waals surface area contributed by atoms with Gasteiger partial charge in [0.25, 0.3) is 0 Å². The van der Waals surface area contributed by atoms with E-state index in [1.54, 1.807) is 6.20 Å². The maximum atomic E-state index is 11.9. The van der Waals surface area contributed by atoms with Gasteiger partial charge in [-0.1, -0.05) is 18.2 Å². The van der Waals surface area contributed by atoms with Gasteiger partial charge < -0.3 is 4.74 Å². The molecule has 4 rings (SSSR count). The van der Waals surface area contributed by atoms with Gasteiger partial charge in [-0.25, -0.2) is 9.89 Å². The van der Waals surface area contributed by atoms with Crippen LogP contribution in [0.5, 0.6) is 5.75 Å². The molecule has 24 heavy (non-hydrogen) atoms. The lowest BCUT2D eigenvalue weighted by atomic mass is 10.1.